The average Bonchev–Trinajstić information content (AvgIpc) is 2.16. The summed E-state index contributed by atoms with van der Waals surface area (Å²) in [4.78, 5) is 12.0. The van der Waals surface area contributed by atoms with E-state index in [9.17, 15) is 4.79 Å². The smallest absolute Gasteiger partial charge is 0.239 e. The van der Waals surface area contributed by atoms with E-state index in [4.69, 9.17) is 0 Å². The summed E-state index contributed by atoms with van der Waals surface area (Å²) in [5.41, 5.74) is -0.0957. The third-order valence-corrected chi connectivity index (χ3v) is 3.73. The van der Waals surface area contributed by atoms with Crippen molar-refractivity contribution in [2.24, 2.45) is 5.41 Å². The molecule has 0 saturated heterocycles. The maximum atomic E-state index is 12.0. The molecule has 1 rings (SSSR count). The lowest BCUT2D eigenvalue weighted by molar-refractivity contribution is -0.127. The van der Waals surface area contributed by atoms with Crippen molar-refractivity contribution >= 4 is 5.91 Å². The van der Waals surface area contributed by atoms with Crippen LogP contribution in [0.1, 0.15) is 53.4 Å². The van der Waals surface area contributed by atoms with Crippen molar-refractivity contribution in [3.05, 3.63) is 0 Å². The van der Waals surface area contributed by atoms with Crippen molar-refractivity contribution in [1.82, 2.24) is 10.6 Å². The number of rotatable bonds is 3. The molecule has 0 bridgehead atoms. The Kier molecular flexibility index (Phi) is 4.00. The highest BCUT2D eigenvalue weighted by atomic mass is 16.2. The topological polar surface area (TPSA) is 41.1 Å². The van der Waals surface area contributed by atoms with E-state index in [-0.39, 0.29) is 5.91 Å². The first-order valence-corrected chi connectivity index (χ1v) is 6.27. The van der Waals surface area contributed by atoms with Crippen molar-refractivity contribution in [3.63, 3.8) is 0 Å². The second kappa shape index (κ2) is 4.74. The highest BCUT2D eigenvalue weighted by Crippen LogP contribution is 2.35. The fraction of sp³-hybridized carbons (Fsp3) is 0.923. The zero-order chi connectivity index (χ0) is 12.4. The number of carbonyl (C=O) groups excluding carboxylic acids is 1. The molecule has 1 fully saturated rings. The minimum absolute atomic E-state index is 0.109. The molecule has 0 aliphatic heterocycles. The molecule has 2 N–H and O–H groups in total. The summed E-state index contributed by atoms with van der Waals surface area (Å²) in [6.07, 6.45) is 4.71. The standard InChI is InChI=1S/C13H26N2O/c1-12(2)8-6-7-10(9-12)15-11(16)13(3,4)14-5/h10,14H,6-9H2,1-5H3,(H,15,16). The summed E-state index contributed by atoms with van der Waals surface area (Å²) < 4.78 is 0. The quantitative estimate of drug-likeness (QED) is 0.773. The predicted octanol–water partition coefficient (Wildman–Crippen LogP) is 2.07. The molecule has 3 heteroatoms. The van der Waals surface area contributed by atoms with Gasteiger partial charge in [-0.3, -0.25) is 4.79 Å². The molecule has 1 amide bonds. The minimum Gasteiger partial charge on any atom is -0.352 e. The fourth-order valence-corrected chi connectivity index (χ4v) is 2.30. The van der Waals surface area contributed by atoms with E-state index < -0.39 is 5.54 Å². The average molecular weight is 226 g/mol. The molecule has 0 aromatic carbocycles. The van der Waals surface area contributed by atoms with Gasteiger partial charge in [0.1, 0.15) is 0 Å². The van der Waals surface area contributed by atoms with Crippen molar-refractivity contribution < 1.29 is 4.79 Å². The monoisotopic (exact) mass is 226 g/mol. The molecule has 94 valence electrons. The van der Waals surface area contributed by atoms with E-state index in [1.165, 1.54) is 12.8 Å². The van der Waals surface area contributed by atoms with Gasteiger partial charge in [0.05, 0.1) is 5.54 Å². The van der Waals surface area contributed by atoms with Gasteiger partial charge in [-0.1, -0.05) is 20.3 Å². The van der Waals surface area contributed by atoms with E-state index in [2.05, 4.69) is 24.5 Å². The molecular formula is C13H26N2O. The molecule has 1 aliphatic carbocycles. The van der Waals surface area contributed by atoms with Gasteiger partial charge in [0.2, 0.25) is 5.91 Å². The van der Waals surface area contributed by atoms with Gasteiger partial charge >= 0.3 is 0 Å². The lowest BCUT2D eigenvalue weighted by atomic mass is 9.75. The molecule has 0 spiro atoms. The van der Waals surface area contributed by atoms with Gasteiger partial charge in [-0.2, -0.15) is 0 Å². The molecular weight excluding hydrogens is 200 g/mol. The Morgan fingerprint density at radius 1 is 1.38 bits per heavy atom. The number of likely N-dealkylation sites (N-methyl/N-ethyl adjacent to an activating group) is 1. The number of amides is 1. The van der Waals surface area contributed by atoms with Gasteiger partial charge in [0.25, 0.3) is 0 Å². The lowest BCUT2D eigenvalue weighted by Crippen LogP contribution is -2.54. The Morgan fingerprint density at radius 2 is 2.00 bits per heavy atom. The van der Waals surface area contributed by atoms with Crippen molar-refractivity contribution in [2.75, 3.05) is 7.05 Å². The first kappa shape index (κ1) is 13.5. The summed E-state index contributed by atoms with van der Waals surface area (Å²) in [6.45, 7) is 8.40. The maximum Gasteiger partial charge on any atom is 0.239 e. The Bertz CT molecular complexity index is 259. The summed E-state index contributed by atoms with van der Waals surface area (Å²) in [5.74, 6) is 0.109. The normalized spacial score (nSPS) is 25.2. The molecule has 1 atom stereocenters. The highest BCUT2D eigenvalue weighted by molar-refractivity contribution is 5.85. The zero-order valence-corrected chi connectivity index (χ0v) is 11.3. The van der Waals surface area contributed by atoms with Crippen LogP contribution in [-0.4, -0.2) is 24.5 Å². The summed E-state index contributed by atoms with van der Waals surface area (Å²) in [7, 11) is 1.82. The summed E-state index contributed by atoms with van der Waals surface area (Å²) in [6, 6.07) is 0.351. The van der Waals surface area contributed by atoms with Gasteiger partial charge in [-0.05, 0) is 45.6 Å². The highest BCUT2D eigenvalue weighted by Gasteiger charge is 2.32. The van der Waals surface area contributed by atoms with Crippen LogP contribution in [-0.2, 0) is 4.79 Å². The molecule has 1 unspecified atom stereocenters. The van der Waals surface area contributed by atoms with Crippen LogP contribution in [0.4, 0.5) is 0 Å². The Morgan fingerprint density at radius 3 is 2.50 bits per heavy atom. The van der Waals surface area contributed by atoms with Gasteiger partial charge in [0, 0.05) is 6.04 Å². The van der Waals surface area contributed by atoms with Crippen LogP contribution in [0.25, 0.3) is 0 Å². The van der Waals surface area contributed by atoms with E-state index in [0.29, 0.717) is 11.5 Å². The lowest BCUT2D eigenvalue weighted by Gasteiger charge is -2.37. The van der Waals surface area contributed by atoms with Crippen molar-refractivity contribution in [1.29, 1.82) is 0 Å². The largest absolute Gasteiger partial charge is 0.352 e. The van der Waals surface area contributed by atoms with E-state index in [0.717, 1.165) is 12.8 Å². The van der Waals surface area contributed by atoms with Gasteiger partial charge in [-0.25, -0.2) is 0 Å². The SMILES string of the molecule is CNC(C)(C)C(=O)NC1CCCC(C)(C)C1. The van der Waals surface area contributed by atoms with E-state index in [1.54, 1.807) is 0 Å². The molecule has 0 heterocycles. The maximum absolute atomic E-state index is 12.0. The van der Waals surface area contributed by atoms with Gasteiger partial charge in [0.15, 0.2) is 0 Å². The van der Waals surface area contributed by atoms with Crippen LogP contribution in [0.15, 0.2) is 0 Å². The fourth-order valence-electron chi connectivity index (χ4n) is 2.30. The molecule has 0 radical (unpaired) electrons. The molecule has 0 aromatic heterocycles. The zero-order valence-electron chi connectivity index (χ0n) is 11.3. The van der Waals surface area contributed by atoms with Crippen LogP contribution in [0.5, 0.6) is 0 Å². The number of hydrogen-bond donors (Lipinski definition) is 2. The third kappa shape index (κ3) is 3.48. The van der Waals surface area contributed by atoms with Crippen molar-refractivity contribution in [3.8, 4) is 0 Å². The first-order chi connectivity index (χ1) is 7.27. The van der Waals surface area contributed by atoms with E-state index in [1.807, 2.05) is 20.9 Å². The number of nitrogens with one attached hydrogen (secondary N) is 2. The van der Waals surface area contributed by atoms with Gasteiger partial charge < -0.3 is 10.6 Å². The Labute approximate surface area is 99.4 Å². The Hall–Kier alpha value is -0.570. The number of hydrogen-bond acceptors (Lipinski definition) is 2. The second-order valence-corrected chi connectivity index (χ2v) is 6.31. The van der Waals surface area contributed by atoms with Gasteiger partial charge in [-0.15, -0.1) is 0 Å². The molecule has 1 aliphatic rings. The minimum atomic E-state index is -0.471. The van der Waals surface area contributed by atoms with Crippen LogP contribution < -0.4 is 10.6 Å². The van der Waals surface area contributed by atoms with Crippen LogP contribution in [0.3, 0.4) is 0 Å². The summed E-state index contributed by atoms with van der Waals surface area (Å²) in [5, 5.41) is 6.20. The first-order valence-electron chi connectivity index (χ1n) is 6.27. The third-order valence-electron chi connectivity index (χ3n) is 3.73. The predicted molar refractivity (Wildman–Crippen MR) is 67.3 cm³/mol. The van der Waals surface area contributed by atoms with Crippen LogP contribution >= 0.6 is 0 Å². The molecule has 0 aromatic rings. The number of carbonyl (C=O) groups is 1. The molecule has 1 saturated carbocycles. The second-order valence-electron chi connectivity index (χ2n) is 6.31. The summed E-state index contributed by atoms with van der Waals surface area (Å²) >= 11 is 0. The molecule has 3 nitrogen and oxygen atoms in total. The molecule has 16 heavy (non-hydrogen) atoms. The van der Waals surface area contributed by atoms with Crippen molar-refractivity contribution in [2.45, 2.75) is 65.0 Å². The Balaban J connectivity index is 2.52. The van der Waals surface area contributed by atoms with Crippen LogP contribution in [0, 0.1) is 5.41 Å². The van der Waals surface area contributed by atoms with E-state index >= 15 is 0 Å². The van der Waals surface area contributed by atoms with Crippen LogP contribution in [0.2, 0.25) is 0 Å².